The predicted octanol–water partition coefficient (Wildman–Crippen LogP) is 2.44. The maximum atomic E-state index is 11.3. The van der Waals surface area contributed by atoms with E-state index >= 15 is 0 Å². The van der Waals surface area contributed by atoms with Crippen molar-refractivity contribution in [2.24, 2.45) is 0 Å². The zero-order valence-corrected chi connectivity index (χ0v) is 7.75. The van der Waals surface area contributed by atoms with Crippen LogP contribution in [-0.4, -0.2) is 12.6 Å². The third kappa shape index (κ3) is 3.28. The fourth-order valence-corrected chi connectivity index (χ4v) is 0.916. The van der Waals surface area contributed by atoms with E-state index in [1.807, 2.05) is 0 Å². The number of hydrogen-bond acceptors (Lipinski definition) is 2. The summed E-state index contributed by atoms with van der Waals surface area (Å²) in [6.07, 6.45) is 1.96. The molecule has 1 aromatic rings. The lowest BCUT2D eigenvalue weighted by Gasteiger charge is -2.02. The average Bonchev–Trinajstić information content (AvgIpc) is 2.19. The third-order valence-corrected chi connectivity index (χ3v) is 1.68. The molecule has 1 aromatic carbocycles. The third-order valence-electron chi connectivity index (χ3n) is 1.68. The van der Waals surface area contributed by atoms with Crippen molar-refractivity contribution in [2.75, 3.05) is 6.61 Å². The molecule has 0 unspecified atom stereocenters. The summed E-state index contributed by atoms with van der Waals surface area (Å²) < 4.78 is 5.02. The molecule has 0 aliphatic heterocycles. The first-order valence-electron chi connectivity index (χ1n) is 4.48. The van der Waals surface area contributed by atoms with Crippen molar-refractivity contribution in [1.29, 1.82) is 0 Å². The van der Waals surface area contributed by atoms with Gasteiger partial charge in [0.15, 0.2) is 0 Å². The smallest absolute Gasteiger partial charge is 0.338 e. The molecular weight excluding hydrogens is 164 g/mol. The van der Waals surface area contributed by atoms with E-state index in [1.54, 1.807) is 24.3 Å². The van der Waals surface area contributed by atoms with Gasteiger partial charge in [0.1, 0.15) is 0 Å². The lowest BCUT2D eigenvalue weighted by molar-refractivity contribution is 0.0500. The molecule has 13 heavy (non-hydrogen) atoms. The first-order valence-corrected chi connectivity index (χ1v) is 4.48. The largest absolute Gasteiger partial charge is 0.462 e. The van der Waals surface area contributed by atoms with Crippen LogP contribution in [0.3, 0.4) is 0 Å². The van der Waals surface area contributed by atoms with Gasteiger partial charge in [-0.25, -0.2) is 4.79 Å². The summed E-state index contributed by atoms with van der Waals surface area (Å²) in [5, 5.41) is 0. The molecule has 0 amide bonds. The maximum Gasteiger partial charge on any atom is 0.338 e. The highest BCUT2D eigenvalue weighted by Gasteiger charge is 2.04. The molecule has 0 heterocycles. The van der Waals surface area contributed by atoms with Gasteiger partial charge in [-0.3, -0.25) is 0 Å². The Morgan fingerprint density at radius 1 is 1.46 bits per heavy atom. The lowest BCUT2D eigenvalue weighted by Crippen LogP contribution is -2.05. The van der Waals surface area contributed by atoms with E-state index in [0.717, 1.165) is 12.8 Å². The first kappa shape index (κ1) is 9.78. The Balaban J connectivity index is 2.40. The highest BCUT2D eigenvalue weighted by atomic mass is 16.5. The molecule has 0 saturated carbocycles. The minimum absolute atomic E-state index is 0.248. The number of benzene rings is 1. The second kappa shape index (κ2) is 5.36. The number of unbranched alkanes of at least 4 members (excludes halogenated alkanes) is 1. The van der Waals surface area contributed by atoms with Crippen molar-refractivity contribution in [2.45, 2.75) is 19.8 Å². The fourth-order valence-electron chi connectivity index (χ4n) is 0.916. The van der Waals surface area contributed by atoms with Gasteiger partial charge >= 0.3 is 5.97 Å². The van der Waals surface area contributed by atoms with Crippen molar-refractivity contribution in [3.05, 3.63) is 35.9 Å². The Hall–Kier alpha value is -1.31. The predicted molar refractivity (Wildman–Crippen MR) is 50.5 cm³/mol. The monoisotopic (exact) mass is 177 g/mol. The van der Waals surface area contributed by atoms with Gasteiger partial charge < -0.3 is 4.74 Å². The Labute approximate surface area is 78.5 Å². The highest BCUT2D eigenvalue weighted by molar-refractivity contribution is 5.89. The number of ether oxygens (including phenoxy) is 1. The number of carbonyl (C=O) groups is 1. The van der Waals surface area contributed by atoms with Crippen molar-refractivity contribution in [3.63, 3.8) is 0 Å². The molecule has 0 saturated heterocycles. The van der Waals surface area contributed by atoms with E-state index in [4.69, 9.17) is 4.74 Å². The van der Waals surface area contributed by atoms with E-state index in [0.29, 0.717) is 12.2 Å². The maximum absolute atomic E-state index is 11.3. The zero-order valence-electron chi connectivity index (χ0n) is 7.75. The molecule has 2 nitrogen and oxygen atoms in total. The Kier molecular flexibility index (Phi) is 4.03. The summed E-state index contributed by atoms with van der Waals surface area (Å²) in [5.74, 6) is -0.248. The minimum Gasteiger partial charge on any atom is -0.462 e. The SMILES string of the molecule is CCCCOC(=O)c1cc[c]cc1. The standard InChI is InChI=1S/C11H13O2/c1-2-3-9-13-11(12)10-7-5-4-6-8-10/h5-8H,2-3,9H2,1H3. The van der Waals surface area contributed by atoms with Crippen molar-refractivity contribution in [3.8, 4) is 0 Å². The van der Waals surface area contributed by atoms with Crippen LogP contribution in [0.15, 0.2) is 24.3 Å². The summed E-state index contributed by atoms with van der Waals surface area (Å²) in [4.78, 5) is 11.3. The van der Waals surface area contributed by atoms with Crippen LogP contribution >= 0.6 is 0 Å². The van der Waals surface area contributed by atoms with Gasteiger partial charge in [-0.15, -0.1) is 0 Å². The molecular formula is C11H13O2. The van der Waals surface area contributed by atoms with Crippen molar-refractivity contribution < 1.29 is 9.53 Å². The molecule has 69 valence electrons. The van der Waals surface area contributed by atoms with Gasteiger partial charge in [-0.05, 0) is 24.6 Å². The van der Waals surface area contributed by atoms with Gasteiger partial charge in [-0.1, -0.05) is 25.5 Å². The molecule has 0 aromatic heterocycles. The van der Waals surface area contributed by atoms with Gasteiger partial charge in [0, 0.05) is 0 Å². The van der Waals surface area contributed by atoms with Crippen LogP contribution in [0.5, 0.6) is 0 Å². The van der Waals surface area contributed by atoms with E-state index in [9.17, 15) is 4.79 Å². The second-order valence-corrected chi connectivity index (χ2v) is 2.78. The molecule has 0 bridgehead atoms. The summed E-state index contributed by atoms with van der Waals surface area (Å²) in [7, 11) is 0. The Morgan fingerprint density at radius 3 is 2.77 bits per heavy atom. The molecule has 0 fully saturated rings. The van der Waals surface area contributed by atoms with Gasteiger partial charge in [-0.2, -0.15) is 0 Å². The van der Waals surface area contributed by atoms with Crippen LogP contribution in [0.1, 0.15) is 30.1 Å². The van der Waals surface area contributed by atoms with Crippen LogP contribution in [0, 0.1) is 6.07 Å². The minimum atomic E-state index is -0.248. The molecule has 0 aliphatic carbocycles. The quantitative estimate of drug-likeness (QED) is 0.521. The Bertz CT molecular complexity index is 254. The van der Waals surface area contributed by atoms with Crippen LogP contribution in [-0.2, 0) is 4.74 Å². The van der Waals surface area contributed by atoms with Gasteiger partial charge in [0.05, 0.1) is 12.2 Å². The van der Waals surface area contributed by atoms with Crippen LogP contribution < -0.4 is 0 Å². The van der Waals surface area contributed by atoms with Crippen LogP contribution in [0.4, 0.5) is 0 Å². The summed E-state index contributed by atoms with van der Waals surface area (Å²) in [6.45, 7) is 2.57. The molecule has 0 atom stereocenters. The number of carbonyl (C=O) groups excluding carboxylic acids is 1. The van der Waals surface area contributed by atoms with Crippen molar-refractivity contribution >= 4 is 5.97 Å². The van der Waals surface area contributed by atoms with E-state index < -0.39 is 0 Å². The van der Waals surface area contributed by atoms with Gasteiger partial charge in [0.2, 0.25) is 0 Å². The summed E-state index contributed by atoms with van der Waals surface area (Å²) >= 11 is 0. The second-order valence-electron chi connectivity index (χ2n) is 2.78. The molecule has 1 radical (unpaired) electrons. The van der Waals surface area contributed by atoms with Crippen LogP contribution in [0.25, 0.3) is 0 Å². The van der Waals surface area contributed by atoms with Gasteiger partial charge in [0.25, 0.3) is 0 Å². The summed E-state index contributed by atoms with van der Waals surface area (Å²) in [5.41, 5.74) is 0.592. The van der Waals surface area contributed by atoms with E-state index in [-0.39, 0.29) is 5.97 Å². The zero-order chi connectivity index (χ0) is 9.52. The molecule has 2 heteroatoms. The van der Waals surface area contributed by atoms with Crippen molar-refractivity contribution in [1.82, 2.24) is 0 Å². The number of esters is 1. The number of rotatable bonds is 4. The first-order chi connectivity index (χ1) is 6.34. The van der Waals surface area contributed by atoms with E-state index in [1.165, 1.54) is 0 Å². The lowest BCUT2D eigenvalue weighted by atomic mass is 10.2. The molecule has 1 rings (SSSR count). The fraction of sp³-hybridized carbons (Fsp3) is 0.364. The normalized spacial score (nSPS) is 9.62. The van der Waals surface area contributed by atoms with E-state index in [2.05, 4.69) is 13.0 Å². The summed E-state index contributed by atoms with van der Waals surface area (Å²) in [6, 6.07) is 9.66. The van der Waals surface area contributed by atoms with Crippen LogP contribution in [0.2, 0.25) is 0 Å². The number of hydrogen-bond donors (Lipinski definition) is 0. The molecule has 0 aliphatic rings. The molecule has 0 N–H and O–H groups in total. The Morgan fingerprint density at radius 2 is 2.15 bits per heavy atom. The highest BCUT2D eigenvalue weighted by Crippen LogP contribution is 2.01. The average molecular weight is 177 g/mol. The topological polar surface area (TPSA) is 26.3 Å². The molecule has 0 spiro atoms.